The van der Waals surface area contributed by atoms with E-state index in [4.69, 9.17) is 4.74 Å². The lowest BCUT2D eigenvalue weighted by atomic mass is 9.77. The SMILES string of the molecule is CCC1(C)CNCC2(CCC2)O1. The predicted molar refractivity (Wildman–Crippen MR) is 49.2 cm³/mol. The molecule has 1 unspecified atom stereocenters. The molecule has 12 heavy (non-hydrogen) atoms. The van der Waals surface area contributed by atoms with E-state index in [0.29, 0.717) is 0 Å². The molecule has 0 amide bonds. The first kappa shape index (κ1) is 8.52. The molecule has 0 aromatic heterocycles. The third-order valence-corrected chi connectivity index (χ3v) is 3.42. The Bertz CT molecular complexity index is 167. The summed E-state index contributed by atoms with van der Waals surface area (Å²) < 4.78 is 6.18. The van der Waals surface area contributed by atoms with Crippen LogP contribution >= 0.6 is 0 Å². The molecule has 1 aliphatic carbocycles. The number of hydrogen-bond donors (Lipinski definition) is 1. The molecule has 1 aliphatic heterocycles. The molecule has 2 fully saturated rings. The van der Waals surface area contributed by atoms with Gasteiger partial charge in [0.2, 0.25) is 0 Å². The van der Waals surface area contributed by atoms with Gasteiger partial charge >= 0.3 is 0 Å². The first-order valence-electron chi connectivity index (χ1n) is 5.09. The molecule has 0 aromatic rings. The summed E-state index contributed by atoms with van der Waals surface area (Å²) in [5, 5.41) is 3.49. The van der Waals surface area contributed by atoms with Crippen molar-refractivity contribution in [1.82, 2.24) is 5.32 Å². The minimum atomic E-state index is 0.0959. The normalized spacial score (nSPS) is 39.5. The van der Waals surface area contributed by atoms with E-state index in [1.54, 1.807) is 0 Å². The summed E-state index contributed by atoms with van der Waals surface area (Å²) in [6.07, 6.45) is 4.98. The second kappa shape index (κ2) is 2.71. The zero-order valence-electron chi connectivity index (χ0n) is 8.15. The highest BCUT2D eigenvalue weighted by molar-refractivity contribution is 4.99. The second-order valence-electron chi connectivity index (χ2n) is 4.55. The Balaban J connectivity index is 2.03. The van der Waals surface area contributed by atoms with E-state index >= 15 is 0 Å². The van der Waals surface area contributed by atoms with Crippen LogP contribution < -0.4 is 5.32 Å². The Kier molecular flexibility index (Phi) is 1.92. The van der Waals surface area contributed by atoms with Crippen LogP contribution in [0.15, 0.2) is 0 Å². The van der Waals surface area contributed by atoms with Crippen molar-refractivity contribution in [3.8, 4) is 0 Å². The molecular formula is C10H19NO. The molecule has 1 saturated carbocycles. The summed E-state index contributed by atoms with van der Waals surface area (Å²) in [6.45, 7) is 6.52. The van der Waals surface area contributed by atoms with Crippen LogP contribution in [-0.2, 0) is 4.74 Å². The third-order valence-electron chi connectivity index (χ3n) is 3.42. The number of rotatable bonds is 1. The zero-order chi connectivity index (χ0) is 8.66. The Morgan fingerprint density at radius 1 is 1.33 bits per heavy atom. The first-order chi connectivity index (χ1) is 5.68. The van der Waals surface area contributed by atoms with Gasteiger partial charge in [-0.05, 0) is 32.6 Å². The molecule has 0 aromatic carbocycles. The van der Waals surface area contributed by atoms with Crippen LogP contribution in [0.5, 0.6) is 0 Å². The van der Waals surface area contributed by atoms with Crippen LogP contribution in [0.4, 0.5) is 0 Å². The molecule has 1 saturated heterocycles. The quantitative estimate of drug-likeness (QED) is 0.645. The highest BCUT2D eigenvalue weighted by Gasteiger charge is 2.45. The molecule has 2 nitrogen and oxygen atoms in total. The maximum Gasteiger partial charge on any atom is 0.0814 e. The van der Waals surface area contributed by atoms with Crippen LogP contribution in [0, 0.1) is 0 Å². The van der Waals surface area contributed by atoms with Crippen molar-refractivity contribution in [2.24, 2.45) is 0 Å². The zero-order valence-corrected chi connectivity index (χ0v) is 8.15. The molecule has 70 valence electrons. The maximum absolute atomic E-state index is 6.18. The standard InChI is InChI=1S/C10H19NO/c1-3-9(2)7-11-8-10(12-9)5-4-6-10/h11H,3-8H2,1-2H3. The van der Waals surface area contributed by atoms with Crippen molar-refractivity contribution in [2.75, 3.05) is 13.1 Å². The number of nitrogens with one attached hydrogen (secondary N) is 1. The Morgan fingerprint density at radius 3 is 2.58 bits per heavy atom. The van der Waals surface area contributed by atoms with E-state index in [0.717, 1.165) is 19.5 Å². The van der Waals surface area contributed by atoms with E-state index < -0.39 is 0 Å². The molecule has 2 heteroatoms. The lowest BCUT2D eigenvalue weighted by molar-refractivity contribution is -0.203. The molecule has 1 atom stereocenters. The van der Waals surface area contributed by atoms with Crippen LogP contribution in [0.3, 0.4) is 0 Å². The van der Waals surface area contributed by atoms with Gasteiger partial charge in [-0.15, -0.1) is 0 Å². The monoisotopic (exact) mass is 169 g/mol. The van der Waals surface area contributed by atoms with Crippen molar-refractivity contribution in [2.45, 2.75) is 50.7 Å². The lowest BCUT2D eigenvalue weighted by Crippen LogP contribution is -2.61. The van der Waals surface area contributed by atoms with E-state index in [1.807, 2.05) is 0 Å². The van der Waals surface area contributed by atoms with Crippen LogP contribution in [0.2, 0.25) is 0 Å². The van der Waals surface area contributed by atoms with Crippen molar-refractivity contribution >= 4 is 0 Å². The summed E-state index contributed by atoms with van der Waals surface area (Å²) >= 11 is 0. The minimum absolute atomic E-state index is 0.0959. The molecule has 0 bridgehead atoms. The van der Waals surface area contributed by atoms with Crippen LogP contribution in [-0.4, -0.2) is 24.3 Å². The fourth-order valence-corrected chi connectivity index (χ4v) is 2.20. The Morgan fingerprint density at radius 2 is 2.08 bits per heavy atom. The number of hydrogen-bond acceptors (Lipinski definition) is 2. The molecular weight excluding hydrogens is 150 g/mol. The average molecular weight is 169 g/mol. The van der Waals surface area contributed by atoms with Gasteiger partial charge < -0.3 is 10.1 Å². The molecule has 2 aliphatic rings. The van der Waals surface area contributed by atoms with Crippen molar-refractivity contribution in [1.29, 1.82) is 0 Å². The molecule has 0 radical (unpaired) electrons. The van der Waals surface area contributed by atoms with Crippen LogP contribution in [0.1, 0.15) is 39.5 Å². The Hall–Kier alpha value is -0.0800. The fourth-order valence-electron chi connectivity index (χ4n) is 2.20. The highest BCUT2D eigenvalue weighted by Crippen LogP contribution is 2.41. The van der Waals surface area contributed by atoms with Gasteiger partial charge in [-0.3, -0.25) is 0 Å². The third kappa shape index (κ3) is 1.27. The smallest absolute Gasteiger partial charge is 0.0814 e. The van der Waals surface area contributed by atoms with Gasteiger partial charge in [-0.1, -0.05) is 6.92 Å². The topological polar surface area (TPSA) is 21.3 Å². The van der Waals surface area contributed by atoms with Gasteiger partial charge in [-0.25, -0.2) is 0 Å². The van der Waals surface area contributed by atoms with Gasteiger partial charge in [-0.2, -0.15) is 0 Å². The van der Waals surface area contributed by atoms with Gasteiger partial charge in [0, 0.05) is 13.1 Å². The summed E-state index contributed by atoms with van der Waals surface area (Å²) in [4.78, 5) is 0. The first-order valence-corrected chi connectivity index (χ1v) is 5.09. The molecule has 1 N–H and O–H groups in total. The average Bonchev–Trinajstić information content (AvgIpc) is 2.02. The summed E-state index contributed by atoms with van der Waals surface area (Å²) in [5.74, 6) is 0. The van der Waals surface area contributed by atoms with Gasteiger partial charge in [0.25, 0.3) is 0 Å². The van der Waals surface area contributed by atoms with Crippen molar-refractivity contribution in [3.05, 3.63) is 0 Å². The maximum atomic E-state index is 6.18. The summed E-state index contributed by atoms with van der Waals surface area (Å²) in [7, 11) is 0. The molecule has 1 spiro atoms. The number of ether oxygens (including phenoxy) is 1. The van der Waals surface area contributed by atoms with Gasteiger partial charge in [0.05, 0.1) is 11.2 Å². The molecule has 2 rings (SSSR count). The second-order valence-corrected chi connectivity index (χ2v) is 4.55. The van der Waals surface area contributed by atoms with Crippen LogP contribution in [0.25, 0.3) is 0 Å². The summed E-state index contributed by atoms with van der Waals surface area (Å²) in [5.41, 5.74) is 0.321. The Labute approximate surface area is 74.7 Å². The van der Waals surface area contributed by atoms with Crippen molar-refractivity contribution < 1.29 is 4.74 Å². The van der Waals surface area contributed by atoms with Gasteiger partial charge in [0.1, 0.15) is 0 Å². The fraction of sp³-hybridized carbons (Fsp3) is 1.00. The number of morpholine rings is 1. The minimum Gasteiger partial charge on any atom is -0.366 e. The largest absolute Gasteiger partial charge is 0.366 e. The van der Waals surface area contributed by atoms with Gasteiger partial charge in [0.15, 0.2) is 0 Å². The highest BCUT2D eigenvalue weighted by atomic mass is 16.5. The van der Waals surface area contributed by atoms with E-state index in [1.165, 1.54) is 19.3 Å². The van der Waals surface area contributed by atoms with E-state index in [-0.39, 0.29) is 11.2 Å². The summed E-state index contributed by atoms with van der Waals surface area (Å²) in [6, 6.07) is 0. The lowest BCUT2D eigenvalue weighted by Gasteiger charge is -2.52. The molecule has 1 heterocycles. The van der Waals surface area contributed by atoms with E-state index in [9.17, 15) is 0 Å². The predicted octanol–water partition coefficient (Wildman–Crippen LogP) is 1.70. The van der Waals surface area contributed by atoms with E-state index in [2.05, 4.69) is 19.2 Å². The van der Waals surface area contributed by atoms with Crippen molar-refractivity contribution in [3.63, 3.8) is 0 Å².